The molecular weight excluding hydrogens is 302 g/mol. The Morgan fingerprint density at radius 1 is 1.00 bits per heavy atom. The Hall–Kier alpha value is -1.52. The van der Waals surface area contributed by atoms with Crippen molar-refractivity contribution in [3.8, 4) is 0 Å². The van der Waals surface area contributed by atoms with Gasteiger partial charge in [0.15, 0.2) is 0 Å². The van der Waals surface area contributed by atoms with E-state index in [1.165, 1.54) is 29.9 Å². The molecule has 1 aliphatic heterocycles. The van der Waals surface area contributed by atoms with Crippen LogP contribution in [0.4, 0.5) is 5.82 Å². The monoisotopic (exact) mass is 331 g/mol. The van der Waals surface area contributed by atoms with E-state index >= 15 is 0 Å². The molecule has 5 fully saturated rings. The molecule has 1 aromatic heterocycles. The van der Waals surface area contributed by atoms with Crippen LogP contribution in [-0.2, 0) is 7.05 Å². The van der Waals surface area contributed by atoms with E-state index in [1.54, 1.807) is 50.3 Å². The summed E-state index contributed by atoms with van der Waals surface area (Å²) in [6.07, 6.45) is 13.3. The van der Waals surface area contributed by atoms with Crippen molar-refractivity contribution in [3.63, 3.8) is 0 Å². The molecule has 1 aromatic rings. The Kier molecular flexibility index (Phi) is 4.27. The molecule has 0 radical (unpaired) electrons. The molecule has 132 valence electrons. The van der Waals surface area contributed by atoms with E-state index in [-0.39, 0.29) is 0 Å². The van der Waals surface area contributed by atoms with Crippen LogP contribution in [0, 0.1) is 23.7 Å². The van der Waals surface area contributed by atoms with Gasteiger partial charge in [-0.1, -0.05) is 0 Å². The van der Waals surface area contributed by atoms with Crippen LogP contribution in [0.2, 0.25) is 0 Å². The second-order valence-corrected chi connectivity index (χ2v) is 8.38. The molecule has 0 atom stereocenters. The maximum atomic E-state index is 10.9. The lowest BCUT2D eigenvalue weighted by atomic mass is 9.56. The topological polar surface area (TPSA) is 58.4 Å². The summed E-state index contributed by atoms with van der Waals surface area (Å²) in [5.41, 5.74) is 0.300. The number of aromatic carboxylic acids is 1. The van der Waals surface area contributed by atoms with Crippen LogP contribution < -0.4 is 4.90 Å². The molecule has 5 nitrogen and oxygen atoms in total. The Morgan fingerprint density at radius 3 is 1.88 bits per heavy atom. The van der Waals surface area contributed by atoms with E-state index in [4.69, 9.17) is 5.11 Å². The molecule has 5 aliphatic rings. The molecule has 6 rings (SSSR count). The zero-order valence-corrected chi connectivity index (χ0v) is 14.7. The summed E-state index contributed by atoms with van der Waals surface area (Å²) in [7, 11) is 1.78. The average Bonchev–Trinajstić information content (AvgIpc) is 3.15. The van der Waals surface area contributed by atoms with Gasteiger partial charge in [-0.2, -0.15) is 5.10 Å². The number of anilines is 1. The van der Waals surface area contributed by atoms with E-state index in [1.807, 2.05) is 0 Å². The van der Waals surface area contributed by atoms with Crippen molar-refractivity contribution in [2.45, 2.75) is 51.4 Å². The lowest BCUT2D eigenvalue weighted by molar-refractivity contribution is 0.0198. The van der Waals surface area contributed by atoms with Gasteiger partial charge < -0.3 is 10.0 Å². The van der Waals surface area contributed by atoms with E-state index < -0.39 is 5.97 Å². The van der Waals surface area contributed by atoms with Gasteiger partial charge in [0.05, 0.1) is 6.20 Å². The van der Waals surface area contributed by atoms with Crippen molar-refractivity contribution < 1.29 is 9.90 Å². The van der Waals surface area contributed by atoms with Crippen molar-refractivity contribution >= 4 is 11.8 Å². The smallest absolute Gasteiger partial charge is 0.341 e. The number of hydrogen-bond acceptors (Lipinski definition) is 3. The molecule has 5 heteroatoms. The van der Waals surface area contributed by atoms with Crippen LogP contribution in [0.25, 0.3) is 0 Å². The maximum Gasteiger partial charge on any atom is 0.341 e. The summed E-state index contributed by atoms with van der Waals surface area (Å²) >= 11 is 0. The third-order valence-corrected chi connectivity index (χ3v) is 6.54. The standard InChI is InChI=1S/C10H16.C9H13N3O2/c1-7-2-9-4-8(1)5-10(3-7)6-9;1-11-8(12-4-2-3-5-12)7(6-10-11)9(13)14/h7-10H,1-6H2;6H,2-5H2,1H3,(H,13,14). The highest BCUT2D eigenvalue weighted by molar-refractivity contribution is 5.93. The van der Waals surface area contributed by atoms with Crippen LogP contribution in [0.15, 0.2) is 6.20 Å². The highest BCUT2D eigenvalue weighted by Gasteiger charge is 2.41. The third-order valence-electron chi connectivity index (χ3n) is 6.54. The van der Waals surface area contributed by atoms with Crippen molar-refractivity contribution in [2.24, 2.45) is 30.7 Å². The van der Waals surface area contributed by atoms with Crippen molar-refractivity contribution in [3.05, 3.63) is 11.8 Å². The van der Waals surface area contributed by atoms with Gasteiger partial charge in [-0.05, 0) is 75.0 Å². The zero-order valence-electron chi connectivity index (χ0n) is 14.7. The van der Waals surface area contributed by atoms with E-state index in [0.717, 1.165) is 31.7 Å². The quantitative estimate of drug-likeness (QED) is 0.900. The Morgan fingerprint density at radius 2 is 1.46 bits per heavy atom. The van der Waals surface area contributed by atoms with Gasteiger partial charge in [0.1, 0.15) is 11.4 Å². The molecule has 4 aliphatic carbocycles. The summed E-state index contributed by atoms with van der Waals surface area (Å²) in [5, 5.41) is 12.9. The molecule has 2 heterocycles. The fourth-order valence-corrected chi connectivity index (χ4v) is 5.87. The second kappa shape index (κ2) is 6.41. The van der Waals surface area contributed by atoms with Gasteiger partial charge in [0.2, 0.25) is 0 Å². The highest BCUT2D eigenvalue weighted by atomic mass is 16.4. The average molecular weight is 331 g/mol. The fraction of sp³-hybridized carbons (Fsp3) is 0.789. The van der Waals surface area contributed by atoms with Gasteiger partial charge in [0, 0.05) is 20.1 Å². The van der Waals surface area contributed by atoms with Gasteiger partial charge >= 0.3 is 5.97 Å². The number of aromatic nitrogens is 2. The molecule has 0 aromatic carbocycles. The lowest BCUT2D eigenvalue weighted by Crippen LogP contribution is -2.38. The highest BCUT2D eigenvalue weighted by Crippen LogP contribution is 2.53. The predicted octanol–water partition coefficient (Wildman–Crippen LogP) is 3.55. The molecule has 0 amide bonds. The Labute approximate surface area is 144 Å². The number of carboxylic acid groups (broad SMARTS) is 1. The normalized spacial score (nSPS) is 33.5. The van der Waals surface area contributed by atoms with Gasteiger partial charge in [0.25, 0.3) is 0 Å². The maximum absolute atomic E-state index is 10.9. The SMILES string of the molecule is C1C2CC3CC1CC(C2)C3.Cn1ncc(C(=O)O)c1N1CCCC1. The Bertz CT molecular complexity index is 547. The second-order valence-electron chi connectivity index (χ2n) is 8.38. The molecule has 0 unspecified atom stereocenters. The predicted molar refractivity (Wildman–Crippen MR) is 93.3 cm³/mol. The van der Waals surface area contributed by atoms with E-state index in [0.29, 0.717) is 5.56 Å². The zero-order chi connectivity index (χ0) is 16.7. The first kappa shape index (κ1) is 16.0. The minimum absolute atomic E-state index is 0.300. The Balaban J connectivity index is 0.000000127. The minimum atomic E-state index is -0.903. The first-order chi connectivity index (χ1) is 11.6. The van der Waals surface area contributed by atoms with Gasteiger partial charge in [-0.15, -0.1) is 0 Å². The summed E-state index contributed by atoms with van der Waals surface area (Å²) < 4.78 is 1.63. The number of carbonyl (C=O) groups is 1. The molecule has 24 heavy (non-hydrogen) atoms. The number of nitrogens with zero attached hydrogens (tertiary/aromatic N) is 3. The minimum Gasteiger partial charge on any atom is -0.477 e. The fourth-order valence-electron chi connectivity index (χ4n) is 5.87. The van der Waals surface area contributed by atoms with Gasteiger partial charge in [-0.3, -0.25) is 4.68 Å². The van der Waals surface area contributed by atoms with E-state index in [2.05, 4.69) is 10.00 Å². The van der Waals surface area contributed by atoms with Crippen LogP contribution in [0.3, 0.4) is 0 Å². The van der Waals surface area contributed by atoms with Crippen LogP contribution in [-0.4, -0.2) is 33.9 Å². The molecule has 0 spiro atoms. The van der Waals surface area contributed by atoms with Crippen molar-refractivity contribution in [2.75, 3.05) is 18.0 Å². The summed E-state index contributed by atoms with van der Waals surface area (Å²) in [4.78, 5) is 13.0. The number of hydrogen-bond donors (Lipinski definition) is 1. The van der Waals surface area contributed by atoms with Crippen molar-refractivity contribution in [1.29, 1.82) is 0 Å². The largest absolute Gasteiger partial charge is 0.477 e. The van der Waals surface area contributed by atoms with Crippen molar-refractivity contribution in [1.82, 2.24) is 9.78 Å². The summed E-state index contributed by atoms with van der Waals surface area (Å²) in [6, 6.07) is 0. The molecule has 4 saturated carbocycles. The molecule has 1 saturated heterocycles. The molecular formula is C19H29N3O2. The summed E-state index contributed by atoms with van der Waals surface area (Å²) in [6.45, 7) is 1.86. The number of aryl methyl sites for hydroxylation is 1. The first-order valence-corrected chi connectivity index (χ1v) is 9.60. The van der Waals surface area contributed by atoms with Crippen LogP contribution in [0.5, 0.6) is 0 Å². The number of rotatable bonds is 2. The summed E-state index contributed by atoms with van der Waals surface area (Å²) in [5.74, 6) is 4.54. The lowest BCUT2D eigenvalue weighted by Gasteiger charge is -2.49. The first-order valence-electron chi connectivity index (χ1n) is 9.60. The van der Waals surface area contributed by atoms with Crippen LogP contribution in [0.1, 0.15) is 61.7 Å². The van der Waals surface area contributed by atoms with Gasteiger partial charge in [-0.25, -0.2) is 4.79 Å². The van der Waals surface area contributed by atoms with Crippen LogP contribution >= 0.6 is 0 Å². The number of carboxylic acids is 1. The molecule has 4 bridgehead atoms. The van der Waals surface area contributed by atoms with E-state index in [9.17, 15) is 4.79 Å². The third kappa shape index (κ3) is 3.05. The molecule has 1 N–H and O–H groups in total.